The largest absolute Gasteiger partial charge is 0.394 e. The second-order valence-electron chi connectivity index (χ2n) is 4.52. The number of hydrogen-bond donors (Lipinski definition) is 1. The average molecular weight is 401 g/mol. The summed E-state index contributed by atoms with van der Waals surface area (Å²) in [6.07, 6.45) is 0. The highest BCUT2D eigenvalue weighted by Crippen LogP contribution is 2.30. The summed E-state index contributed by atoms with van der Waals surface area (Å²) in [4.78, 5) is 0.168. The zero-order valence-electron chi connectivity index (χ0n) is 10.3. The number of aliphatic hydroxyl groups excluding tert-OH is 1. The molecule has 4 nitrogen and oxygen atoms in total. The first-order valence-electron chi connectivity index (χ1n) is 5.18. The third-order valence-electron chi connectivity index (χ3n) is 2.77. The summed E-state index contributed by atoms with van der Waals surface area (Å²) in [6, 6.07) is 4.94. The summed E-state index contributed by atoms with van der Waals surface area (Å²) in [5.74, 6) is 0. The zero-order valence-corrected chi connectivity index (χ0v) is 14.3. The van der Waals surface area contributed by atoms with Crippen molar-refractivity contribution in [3.63, 3.8) is 0 Å². The van der Waals surface area contributed by atoms with Gasteiger partial charge in [-0.15, -0.1) is 0 Å². The van der Waals surface area contributed by atoms with Crippen LogP contribution in [0.5, 0.6) is 0 Å². The van der Waals surface area contributed by atoms with Crippen LogP contribution in [0.4, 0.5) is 0 Å². The van der Waals surface area contributed by atoms with E-state index >= 15 is 0 Å². The molecule has 1 aromatic carbocycles. The van der Waals surface area contributed by atoms with Crippen molar-refractivity contribution in [2.24, 2.45) is 0 Å². The maximum absolute atomic E-state index is 12.5. The Kier molecular flexibility index (Phi) is 4.99. The Balaban J connectivity index is 3.34. The van der Waals surface area contributed by atoms with E-state index in [1.165, 1.54) is 17.4 Å². The minimum Gasteiger partial charge on any atom is -0.394 e. The van der Waals surface area contributed by atoms with Gasteiger partial charge in [0.25, 0.3) is 0 Å². The minimum atomic E-state index is -3.67. The molecule has 0 atom stereocenters. The molecule has 0 unspecified atom stereocenters. The molecule has 0 aliphatic carbocycles. The van der Waals surface area contributed by atoms with Gasteiger partial charge in [-0.25, -0.2) is 8.42 Å². The molecule has 0 saturated heterocycles. The van der Waals surface area contributed by atoms with E-state index in [1.807, 2.05) is 0 Å². The van der Waals surface area contributed by atoms with Gasteiger partial charge in [0.05, 0.1) is 17.0 Å². The Labute approximate surface area is 124 Å². The van der Waals surface area contributed by atoms with Crippen LogP contribution in [0.1, 0.15) is 13.8 Å². The number of nitrogens with zero attached hydrogens (tertiary/aromatic N) is 1. The predicted molar refractivity (Wildman–Crippen MR) is 78.0 cm³/mol. The molecule has 0 aliphatic heterocycles. The van der Waals surface area contributed by atoms with Gasteiger partial charge < -0.3 is 5.11 Å². The van der Waals surface area contributed by atoms with E-state index in [4.69, 9.17) is 0 Å². The standard InChI is InChI=1S/C11H15Br2NO3S/c1-11(2,7-15)14(3)18(16,17)10-6-8(12)4-5-9(10)13/h4-6,15H,7H2,1-3H3. The van der Waals surface area contributed by atoms with Crippen LogP contribution < -0.4 is 0 Å². The lowest BCUT2D eigenvalue weighted by Crippen LogP contribution is -2.47. The number of benzene rings is 1. The Bertz CT molecular complexity index is 543. The highest BCUT2D eigenvalue weighted by molar-refractivity contribution is 9.11. The Morgan fingerprint density at radius 1 is 1.33 bits per heavy atom. The summed E-state index contributed by atoms with van der Waals surface area (Å²) >= 11 is 6.49. The van der Waals surface area contributed by atoms with Crippen molar-refractivity contribution in [3.05, 3.63) is 27.1 Å². The van der Waals surface area contributed by atoms with Gasteiger partial charge >= 0.3 is 0 Å². The van der Waals surface area contributed by atoms with Gasteiger partial charge in [-0.2, -0.15) is 4.31 Å². The Morgan fingerprint density at radius 2 is 1.89 bits per heavy atom. The third kappa shape index (κ3) is 3.14. The monoisotopic (exact) mass is 399 g/mol. The fourth-order valence-electron chi connectivity index (χ4n) is 1.25. The lowest BCUT2D eigenvalue weighted by Gasteiger charge is -2.33. The molecule has 0 bridgehead atoms. The first-order chi connectivity index (χ1) is 8.13. The first kappa shape index (κ1) is 16.1. The van der Waals surface area contributed by atoms with E-state index in [-0.39, 0.29) is 11.5 Å². The minimum absolute atomic E-state index is 0.168. The van der Waals surface area contributed by atoms with Gasteiger partial charge in [-0.05, 0) is 48.0 Å². The molecule has 1 aromatic rings. The van der Waals surface area contributed by atoms with E-state index in [0.29, 0.717) is 8.95 Å². The summed E-state index contributed by atoms with van der Waals surface area (Å²) in [5.41, 5.74) is -0.861. The quantitative estimate of drug-likeness (QED) is 0.844. The van der Waals surface area contributed by atoms with Crippen molar-refractivity contribution in [1.29, 1.82) is 0 Å². The number of sulfonamides is 1. The lowest BCUT2D eigenvalue weighted by atomic mass is 10.1. The number of likely N-dealkylation sites (N-methyl/N-ethyl adjacent to an activating group) is 1. The van der Waals surface area contributed by atoms with Gasteiger partial charge in [-0.1, -0.05) is 15.9 Å². The second-order valence-corrected chi connectivity index (χ2v) is 8.23. The van der Waals surface area contributed by atoms with Crippen LogP contribution in [-0.2, 0) is 10.0 Å². The molecule has 1 N–H and O–H groups in total. The van der Waals surface area contributed by atoms with Gasteiger partial charge in [0.1, 0.15) is 0 Å². The van der Waals surface area contributed by atoms with Crippen LogP contribution in [0.15, 0.2) is 32.0 Å². The second kappa shape index (κ2) is 5.58. The maximum Gasteiger partial charge on any atom is 0.244 e. The molecular weight excluding hydrogens is 386 g/mol. The highest BCUT2D eigenvalue weighted by Gasteiger charge is 2.34. The molecule has 0 heterocycles. The van der Waals surface area contributed by atoms with Crippen LogP contribution in [0.25, 0.3) is 0 Å². The van der Waals surface area contributed by atoms with Crippen molar-refractivity contribution in [2.75, 3.05) is 13.7 Å². The van der Waals surface area contributed by atoms with Crippen LogP contribution in [0, 0.1) is 0 Å². The predicted octanol–water partition coefficient (Wildman–Crippen LogP) is 2.60. The fourth-order valence-corrected chi connectivity index (χ4v) is 4.21. The van der Waals surface area contributed by atoms with Gasteiger partial charge in [0.2, 0.25) is 10.0 Å². The van der Waals surface area contributed by atoms with E-state index in [1.54, 1.807) is 26.0 Å². The lowest BCUT2D eigenvalue weighted by molar-refractivity contribution is 0.138. The molecule has 0 amide bonds. The smallest absolute Gasteiger partial charge is 0.244 e. The number of rotatable bonds is 4. The number of aliphatic hydroxyl groups is 1. The molecule has 1 rings (SSSR count). The van der Waals surface area contributed by atoms with Crippen LogP contribution in [0.3, 0.4) is 0 Å². The van der Waals surface area contributed by atoms with Crippen molar-refractivity contribution < 1.29 is 13.5 Å². The SMILES string of the molecule is CN(C(C)(C)CO)S(=O)(=O)c1cc(Br)ccc1Br. The van der Waals surface area contributed by atoms with E-state index in [9.17, 15) is 13.5 Å². The number of halogens is 2. The summed E-state index contributed by atoms with van der Waals surface area (Å²) in [7, 11) is -2.21. The maximum atomic E-state index is 12.5. The van der Waals surface area contributed by atoms with Gasteiger partial charge in [0, 0.05) is 16.0 Å². The molecule has 0 fully saturated rings. The average Bonchev–Trinajstić information content (AvgIpc) is 2.31. The van der Waals surface area contributed by atoms with E-state index < -0.39 is 15.6 Å². The molecule has 0 spiro atoms. The Morgan fingerprint density at radius 3 is 2.39 bits per heavy atom. The normalized spacial score (nSPS) is 13.1. The molecule has 102 valence electrons. The molecule has 0 radical (unpaired) electrons. The third-order valence-corrected chi connectivity index (χ3v) is 6.33. The van der Waals surface area contributed by atoms with Gasteiger partial charge in [0.15, 0.2) is 0 Å². The zero-order chi connectivity index (χ0) is 14.1. The topological polar surface area (TPSA) is 57.6 Å². The van der Waals surface area contributed by atoms with E-state index in [2.05, 4.69) is 31.9 Å². The van der Waals surface area contributed by atoms with Crippen LogP contribution in [0.2, 0.25) is 0 Å². The molecule has 0 aromatic heterocycles. The summed E-state index contributed by atoms with van der Waals surface area (Å²) in [6.45, 7) is 3.07. The van der Waals surface area contributed by atoms with Gasteiger partial charge in [-0.3, -0.25) is 0 Å². The summed E-state index contributed by atoms with van der Waals surface area (Å²) in [5, 5.41) is 9.27. The molecule has 0 saturated carbocycles. The highest BCUT2D eigenvalue weighted by atomic mass is 79.9. The van der Waals surface area contributed by atoms with E-state index in [0.717, 1.165) is 0 Å². The molecule has 7 heteroatoms. The molecule has 18 heavy (non-hydrogen) atoms. The molecule has 0 aliphatic rings. The van der Waals surface area contributed by atoms with Crippen molar-refractivity contribution >= 4 is 41.9 Å². The van der Waals surface area contributed by atoms with Crippen LogP contribution >= 0.6 is 31.9 Å². The fraction of sp³-hybridized carbons (Fsp3) is 0.455. The Hall–Kier alpha value is 0.0500. The first-order valence-corrected chi connectivity index (χ1v) is 8.20. The van der Waals surface area contributed by atoms with Crippen LogP contribution in [-0.4, -0.2) is 37.0 Å². The molecular formula is C11H15Br2NO3S. The van der Waals surface area contributed by atoms with Crippen molar-refractivity contribution in [3.8, 4) is 0 Å². The van der Waals surface area contributed by atoms with Crippen molar-refractivity contribution in [1.82, 2.24) is 4.31 Å². The summed E-state index contributed by atoms with van der Waals surface area (Å²) < 4.78 is 27.3. The van der Waals surface area contributed by atoms with Crippen molar-refractivity contribution in [2.45, 2.75) is 24.3 Å². The number of hydrogen-bond acceptors (Lipinski definition) is 3.